The van der Waals surface area contributed by atoms with Crippen molar-refractivity contribution in [3.05, 3.63) is 24.0 Å². The summed E-state index contributed by atoms with van der Waals surface area (Å²) >= 11 is 0. The number of rotatable bonds is 3. The van der Waals surface area contributed by atoms with Crippen LogP contribution in [0.2, 0.25) is 0 Å². The lowest BCUT2D eigenvalue weighted by Gasteiger charge is -2.29. The van der Waals surface area contributed by atoms with Crippen molar-refractivity contribution in [1.82, 2.24) is 15.3 Å². The maximum absolute atomic E-state index is 12.4. The molecule has 0 saturated carbocycles. The Bertz CT molecular complexity index is 739. The number of hydrogen-bond donors (Lipinski definition) is 3. The number of carbonyl (C=O) groups is 1. The lowest BCUT2D eigenvalue weighted by molar-refractivity contribution is -0.123. The van der Waals surface area contributed by atoms with Gasteiger partial charge >= 0.3 is 0 Å². The van der Waals surface area contributed by atoms with E-state index in [9.17, 15) is 4.79 Å². The SMILES string of the molecule is C[C@H]1OCCN[C@@H]1C(=O)Nc1ccc2nc(C3CCCO3)[nH]c2c1. The van der Waals surface area contributed by atoms with E-state index in [2.05, 4.69) is 20.6 Å². The van der Waals surface area contributed by atoms with E-state index < -0.39 is 0 Å². The minimum Gasteiger partial charge on any atom is -0.375 e. The molecule has 128 valence electrons. The molecular formula is C17H22N4O3. The molecule has 3 N–H and O–H groups in total. The van der Waals surface area contributed by atoms with Crippen LogP contribution in [0.5, 0.6) is 0 Å². The number of fused-ring (bicyclic) bond motifs is 1. The first kappa shape index (κ1) is 15.6. The summed E-state index contributed by atoms with van der Waals surface area (Å²) in [6.45, 7) is 4.02. The van der Waals surface area contributed by atoms with E-state index in [1.807, 2.05) is 25.1 Å². The van der Waals surface area contributed by atoms with Crippen LogP contribution in [0.3, 0.4) is 0 Å². The van der Waals surface area contributed by atoms with Crippen molar-refractivity contribution in [2.24, 2.45) is 0 Å². The minimum absolute atomic E-state index is 0.0554. The molecular weight excluding hydrogens is 308 g/mol. The number of aromatic amines is 1. The van der Waals surface area contributed by atoms with Crippen molar-refractivity contribution in [2.45, 2.75) is 38.0 Å². The van der Waals surface area contributed by atoms with Gasteiger partial charge in [0.25, 0.3) is 0 Å². The van der Waals surface area contributed by atoms with E-state index in [-0.39, 0.29) is 24.2 Å². The second-order valence-corrected chi connectivity index (χ2v) is 6.35. The lowest BCUT2D eigenvalue weighted by Crippen LogP contribution is -2.53. The predicted octanol–water partition coefficient (Wildman–Crippen LogP) is 1.73. The lowest BCUT2D eigenvalue weighted by atomic mass is 10.1. The molecule has 7 heteroatoms. The smallest absolute Gasteiger partial charge is 0.244 e. The van der Waals surface area contributed by atoms with Crippen molar-refractivity contribution in [2.75, 3.05) is 25.1 Å². The summed E-state index contributed by atoms with van der Waals surface area (Å²) in [6, 6.07) is 5.36. The number of imidazole rings is 1. The fraction of sp³-hybridized carbons (Fsp3) is 0.529. The molecule has 1 amide bonds. The molecule has 1 aromatic heterocycles. The molecule has 7 nitrogen and oxygen atoms in total. The van der Waals surface area contributed by atoms with Gasteiger partial charge in [-0.15, -0.1) is 0 Å². The molecule has 0 radical (unpaired) electrons. The molecule has 1 unspecified atom stereocenters. The van der Waals surface area contributed by atoms with Crippen molar-refractivity contribution in [1.29, 1.82) is 0 Å². The third-order valence-electron chi connectivity index (χ3n) is 4.60. The molecule has 2 fully saturated rings. The van der Waals surface area contributed by atoms with Crippen LogP contribution in [-0.2, 0) is 14.3 Å². The van der Waals surface area contributed by atoms with E-state index in [1.165, 1.54) is 0 Å². The Balaban J connectivity index is 1.50. The molecule has 3 atom stereocenters. The predicted molar refractivity (Wildman–Crippen MR) is 89.9 cm³/mol. The fourth-order valence-electron chi connectivity index (χ4n) is 3.30. The number of carbonyl (C=O) groups excluding carboxylic acids is 1. The Morgan fingerprint density at radius 1 is 1.33 bits per heavy atom. The highest BCUT2D eigenvalue weighted by Gasteiger charge is 2.28. The molecule has 2 saturated heterocycles. The van der Waals surface area contributed by atoms with Gasteiger partial charge < -0.3 is 25.1 Å². The average Bonchev–Trinajstić information content (AvgIpc) is 3.24. The summed E-state index contributed by atoms with van der Waals surface area (Å²) in [5.41, 5.74) is 2.53. The van der Waals surface area contributed by atoms with Crippen LogP contribution in [0.4, 0.5) is 5.69 Å². The van der Waals surface area contributed by atoms with E-state index in [0.29, 0.717) is 13.2 Å². The van der Waals surface area contributed by atoms with E-state index >= 15 is 0 Å². The largest absolute Gasteiger partial charge is 0.375 e. The molecule has 0 bridgehead atoms. The Morgan fingerprint density at radius 3 is 3.04 bits per heavy atom. The second kappa shape index (κ2) is 6.51. The Labute approximate surface area is 140 Å². The monoisotopic (exact) mass is 330 g/mol. The quantitative estimate of drug-likeness (QED) is 0.798. The van der Waals surface area contributed by atoms with E-state index in [1.54, 1.807) is 0 Å². The first-order valence-corrected chi connectivity index (χ1v) is 8.48. The maximum atomic E-state index is 12.4. The summed E-state index contributed by atoms with van der Waals surface area (Å²) in [7, 11) is 0. The Morgan fingerprint density at radius 2 is 2.25 bits per heavy atom. The normalized spacial score (nSPS) is 27.5. The Kier molecular flexibility index (Phi) is 4.22. The maximum Gasteiger partial charge on any atom is 0.244 e. The zero-order valence-electron chi connectivity index (χ0n) is 13.7. The number of nitrogens with zero attached hydrogens (tertiary/aromatic N) is 1. The molecule has 0 aliphatic carbocycles. The van der Waals surface area contributed by atoms with Crippen LogP contribution < -0.4 is 10.6 Å². The fourth-order valence-corrected chi connectivity index (χ4v) is 3.30. The molecule has 1 aromatic carbocycles. The van der Waals surface area contributed by atoms with Gasteiger partial charge in [0.2, 0.25) is 5.91 Å². The van der Waals surface area contributed by atoms with Crippen LogP contribution in [0.1, 0.15) is 31.7 Å². The number of H-pyrrole nitrogens is 1. The van der Waals surface area contributed by atoms with Crippen LogP contribution in [-0.4, -0.2) is 47.8 Å². The van der Waals surface area contributed by atoms with Crippen LogP contribution >= 0.6 is 0 Å². The van der Waals surface area contributed by atoms with Crippen molar-refractivity contribution in [3.63, 3.8) is 0 Å². The van der Waals surface area contributed by atoms with E-state index in [0.717, 1.165) is 42.0 Å². The number of morpholine rings is 1. The van der Waals surface area contributed by atoms with Gasteiger partial charge in [-0.25, -0.2) is 4.98 Å². The van der Waals surface area contributed by atoms with Crippen LogP contribution in [0.15, 0.2) is 18.2 Å². The number of amides is 1. The van der Waals surface area contributed by atoms with E-state index in [4.69, 9.17) is 9.47 Å². The summed E-state index contributed by atoms with van der Waals surface area (Å²) in [6.07, 6.45) is 1.98. The summed E-state index contributed by atoms with van der Waals surface area (Å²) in [4.78, 5) is 20.3. The molecule has 2 aromatic rings. The third kappa shape index (κ3) is 3.02. The van der Waals surface area contributed by atoms with Gasteiger partial charge in [0.1, 0.15) is 18.0 Å². The molecule has 0 spiro atoms. The van der Waals surface area contributed by atoms with Gasteiger partial charge in [0, 0.05) is 18.8 Å². The van der Waals surface area contributed by atoms with Crippen molar-refractivity contribution in [3.8, 4) is 0 Å². The van der Waals surface area contributed by atoms with Gasteiger partial charge in [-0.3, -0.25) is 4.79 Å². The second-order valence-electron chi connectivity index (χ2n) is 6.35. The van der Waals surface area contributed by atoms with Gasteiger partial charge in [0.05, 0.1) is 23.7 Å². The third-order valence-corrected chi connectivity index (χ3v) is 4.60. The molecule has 4 rings (SSSR count). The van der Waals surface area contributed by atoms with Crippen LogP contribution in [0.25, 0.3) is 11.0 Å². The molecule has 2 aliphatic rings. The minimum atomic E-state index is -0.335. The number of ether oxygens (including phenoxy) is 2. The highest BCUT2D eigenvalue weighted by molar-refractivity contribution is 5.96. The van der Waals surface area contributed by atoms with Crippen molar-refractivity contribution < 1.29 is 14.3 Å². The van der Waals surface area contributed by atoms with Crippen LogP contribution in [0, 0.1) is 0 Å². The van der Waals surface area contributed by atoms with Gasteiger partial charge in [-0.1, -0.05) is 0 Å². The van der Waals surface area contributed by atoms with Gasteiger partial charge in [-0.2, -0.15) is 0 Å². The standard InChI is InChI=1S/C17H22N4O3/c1-10-15(18-6-8-23-10)17(22)19-11-4-5-12-13(9-11)21-16(20-12)14-3-2-7-24-14/h4-5,9-10,14-15,18H,2-3,6-8H2,1H3,(H,19,22)(H,20,21)/t10-,14?,15+/m1/s1. The number of hydrogen-bond acceptors (Lipinski definition) is 5. The molecule has 24 heavy (non-hydrogen) atoms. The zero-order chi connectivity index (χ0) is 16.5. The summed E-state index contributed by atoms with van der Waals surface area (Å²) < 4.78 is 11.2. The highest BCUT2D eigenvalue weighted by atomic mass is 16.5. The number of benzene rings is 1. The van der Waals surface area contributed by atoms with Crippen molar-refractivity contribution >= 4 is 22.6 Å². The number of anilines is 1. The molecule has 2 aliphatic heterocycles. The first-order chi connectivity index (χ1) is 11.7. The van der Waals surface area contributed by atoms with Gasteiger partial charge in [-0.05, 0) is 38.0 Å². The number of nitrogens with one attached hydrogen (secondary N) is 3. The Hall–Kier alpha value is -1.96. The topological polar surface area (TPSA) is 88.3 Å². The average molecular weight is 330 g/mol. The summed E-state index contributed by atoms with van der Waals surface area (Å²) in [5, 5.41) is 6.15. The molecule has 3 heterocycles. The first-order valence-electron chi connectivity index (χ1n) is 8.48. The van der Waals surface area contributed by atoms with Gasteiger partial charge in [0.15, 0.2) is 0 Å². The zero-order valence-corrected chi connectivity index (χ0v) is 13.7. The highest BCUT2D eigenvalue weighted by Crippen LogP contribution is 2.28. The number of aromatic nitrogens is 2. The summed E-state index contributed by atoms with van der Waals surface area (Å²) in [5.74, 6) is 0.780.